The molecule has 1 aromatic heterocycles. The van der Waals surface area contributed by atoms with Gasteiger partial charge in [-0.1, -0.05) is 0 Å². The van der Waals surface area contributed by atoms with Gasteiger partial charge in [0, 0.05) is 30.9 Å². The van der Waals surface area contributed by atoms with Crippen molar-refractivity contribution in [1.29, 1.82) is 0 Å². The zero-order valence-corrected chi connectivity index (χ0v) is 8.46. The predicted octanol–water partition coefficient (Wildman–Crippen LogP) is 2.15. The molecular formula is C10H10N2OS. The number of hydrogen-bond acceptors (Lipinski definition) is 4. The van der Waals surface area contributed by atoms with Crippen molar-refractivity contribution in [1.82, 2.24) is 4.98 Å². The van der Waals surface area contributed by atoms with Crippen molar-refractivity contribution in [3.63, 3.8) is 0 Å². The van der Waals surface area contributed by atoms with Crippen molar-refractivity contribution < 1.29 is 4.79 Å². The molecule has 0 saturated carbocycles. The Morgan fingerprint density at radius 3 is 3.14 bits per heavy atom. The van der Waals surface area contributed by atoms with E-state index in [2.05, 4.69) is 27.4 Å². The number of hydrogen-bond donors (Lipinski definition) is 0. The second kappa shape index (κ2) is 6.13. The lowest BCUT2D eigenvalue weighted by Gasteiger charge is -1.97. The Hall–Kier alpha value is -1.38. The summed E-state index contributed by atoms with van der Waals surface area (Å²) in [7, 11) is 0. The van der Waals surface area contributed by atoms with Crippen molar-refractivity contribution in [3.8, 4) is 0 Å². The summed E-state index contributed by atoms with van der Waals surface area (Å²) in [5.74, 6) is 0.0951. The van der Waals surface area contributed by atoms with Gasteiger partial charge in [-0.05, 0) is 30.8 Å². The molecule has 0 bridgehead atoms. The molecule has 0 aromatic carbocycles. The quantitative estimate of drug-likeness (QED) is 0.321. The highest BCUT2D eigenvalue weighted by Gasteiger charge is 2.03. The number of Topliss-reactive ketones (excluding diaryl/α,β-unsaturated/α-hetero) is 1. The zero-order chi connectivity index (χ0) is 10.2. The van der Waals surface area contributed by atoms with Gasteiger partial charge in [0.25, 0.3) is 0 Å². The van der Waals surface area contributed by atoms with E-state index in [1.165, 1.54) is 0 Å². The number of isothiocyanates is 1. The highest BCUT2D eigenvalue weighted by atomic mass is 32.1. The van der Waals surface area contributed by atoms with E-state index in [4.69, 9.17) is 0 Å². The molecule has 0 aliphatic heterocycles. The van der Waals surface area contributed by atoms with Crippen LogP contribution in [-0.2, 0) is 0 Å². The zero-order valence-electron chi connectivity index (χ0n) is 7.64. The fraction of sp³-hybridized carbons (Fsp3) is 0.300. The Labute approximate surface area is 87.9 Å². The van der Waals surface area contributed by atoms with Crippen LogP contribution in [0.15, 0.2) is 29.5 Å². The Morgan fingerprint density at radius 1 is 1.64 bits per heavy atom. The molecule has 0 aliphatic carbocycles. The van der Waals surface area contributed by atoms with Gasteiger partial charge in [-0.3, -0.25) is 9.78 Å². The van der Waals surface area contributed by atoms with Crippen molar-refractivity contribution in [2.75, 3.05) is 6.54 Å². The van der Waals surface area contributed by atoms with Crippen LogP contribution in [0.3, 0.4) is 0 Å². The molecule has 72 valence electrons. The number of pyridine rings is 1. The molecule has 0 aliphatic rings. The highest BCUT2D eigenvalue weighted by molar-refractivity contribution is 7.78. The monoisotopic (exact) mass is 206 g/mol. The molecule has 4 heteroatoms. The number of ketones is 1. The Kier molecular flexibility index (Phi) is 4.69. The number of nitrogens with zero attached hydrogens (tertiary/aromatic N) is 2. The van der Waals surface area contributed by atoms with E-state index < -0.39 is 0 Å². The number of carbonyl (C=O) groups is 1. The van der Waals surface area contributed by atoms with Gasteiger partial charge in [0.05, 0.1) is 5.16 Å². The lowest BCUT2D eigenvalue weighted by molar-refractivity contribution is 0.0980. The van der Waals surface area contributed by atoms with Crippen LogP contribution in [0.5, 0.6) is 0 Å². The van der Waals surface area contributed by atoms with Gasteiger partial charge >= 0.3 is 0 Å². The first-order valence-electron chi connectivity index (χ1n) is 4.31. The van der Waals surface area contributed by atoms with E-state index in [1.54, 1.807) is 24.5 Å². The molecule has 0 amide bonds. The third-order valence-electron chi connectivity index (χ3n) is 1.72. The fourth-order valence-corrected chi connectivity index (χ4v) is 1.13. The standard InChI is InChI=1S/C10H10N2OS/c13-10(4-2-6-12-8-14)9-3-1-5-11-7-9/h1,3,5,7H,2,4,6H2. The first-order chi connectivity index (χ1) is 6.84. The maximum absolute atomic E-state index is 11.5. The molecule has 14 heavy (non-hydrogen) atoms. The maximum atomic E-state index is 11.5. The summed E-state index contributed by atoms with van der Waals surface area (Å²) in [6.45, 7) is 0.565. The van der Waals surface area contributed by atoms with E-state index in [9.17, 15) is 4.79 Å². The van der Waals surface area contributed by atoms with Gasteiger partial charge in [0.15, 0.2) is 5.78 Å². The van der Waals surface area contributed by atoms with E-state index in [-0.39, 0.29) is 5.78 Å². The predicted molar refractivity (Wildman–Crippen MR) is 57.7 cm³/mol. The Balaban J connectivity index is 2.40. The second-order valence-corrected chi connectivity index (χ2v) is 2.92. The average Bonchev–Trinajstić information content (AvgIpc) is 2.25. The van der Waals surface area contributed by atoms with Gasteiger partial charge in [-0.15, -0.1) is 0 Å². The van der Waals surface area contributed by atoms with Gasteiger partial charge < -0.3 is 0 Å². The normalized spacial score (nSPS) is 9.14. The SMILES string of the molecule is O=C(CCCN=C=S)c1cccnc1. The third-order valence-corrected chi connectivity index (χ3v) is 1.85. The first kappa shape index (κ1) is 10.7. The Bertz CT molecular complexity index is 344. The van der Waals surface area contributed by atoms with Crippen LogP contribution in [0.25, 0.3) is 0 Å². The largest absolute Gasteiger partial charge is 0.294 e. The van der Waals surface area contributed by atoms with Gasteiger partial charge in [0.2, 0.25) is 0 Å². The second-order valence-electron chi connectivity index (χ2n) is 2.74. The van der Waals surface area contributed by atoms with Crippen molar-refractivity contribution in [2.45, 2.75) is 12.8 Å². The van der Waals surface area contributed by atoms with Crippen LogP contribution < -0.4 is 0 Å². The van der Waals surface area contributed by atoms with Crippen molar-refractivity contribution in [3.05, 3.63) is 30.1 Å². The molecule has 0 spiro atoms. The van der Waals surface area contributed by atoms with Gasteiger partial charge in [-0.2, -0.15) is 0 Å². The van der Waals surface area contributed by atoms with Gasteiger partial charge in [-0.25, -0.2) is 4.99 Å². The van der Waals surface area contributed by atoms with Crippen LogP contribution >= 0.6 is 12.2 Å². The average molecular weight is 206 g/mol. The summed E-state index contributed by atoms with van der Waals surface area (Å²) in [4.78, 5) is 19.1. The summed E-state index contributed by atoms with van der Waals surface area (Å²) in [5, 5.41) is 2.27. The molecule has 1 rings (SSSR count). The molecule has 0 saturated heterocycles. The molecule has 1 heterocycles. The Morgan fingerprint density at radius 2 is 2.50 bits per heavy atom. The fourth-order valence-electron chi connectivity index (χ4n) is 1.04. The summed E-state index contributed by atoms with van der Waals surface area (Å²) in [6, 6.07) is 3.51. The maximum Gasteiger partial charge on any atom is 0.164 e. The van der Waals surface area contributed by atoms with E-state index >= 15 is 0 Å². The molecule has 0 N–H and O–H groups in total. The number of aromatic nitrogens is 1. The van der Waals surface area contributed by atoms with Crippen LogP contribution in [0.4, 0.5) is 0 Å². The minimum atomic E-state index is 0.0951. The molecule has 0 radical (unpaired) electrons. The molecule has 0 unspecified atom stereocenters. The topological polar surface area (TPSA) is 42.3 Å². The number of aliphatic imine (C=N–C) groups is 1. The van der Waals surface area contributed by atoms with Crippen molar-refractivity contribution >= 4 is 23.2 Å². The number of carbonyl (C=O) groups excluding carboxylic acids is 1. The molecule has 0 atom stereocenters. The molecule has 0 fully saturated rings. The van der Waals surface area contributed by atoms with E-state index in [1.807, 2.05) is 0 Å². The van der Waals surface area contributed by atoms with Crippen LogP contribution in [0.2, 0.25) is 0 Å². The summed E-state index contributed by atoms with van der Waals surface area (Å²) >= 11 is 4.41. The van der Waals surface area contributed by atoms with E-state index in [0.717, 1.165) is 0 Å². The molecule has 1 aromatic rings. The summed E-state index contributed by atoms with van der Waals surface area (Å²) < 4.78 is 0. The first-order valence-corrected chi connectivity index (χ1v) is 4.72. The number of rotatable bonds is 5. The third kappa shape index (κ3) is 3.56. The van der Waals surface area contributed by atoms with Gasteiger partial charge in [0.1, 0.15) is 0 Å². The summed E-state index contributed by atoms with van der Waals surface area (Å²) in [6.07, 6.45) is 4.40. The lowest BCUT2D eigenvalue weighted by atomic mass is 10.1. The molecular weight excluding hydrogens is 196 g/mol. The minimum Gasteiger partial charge on any atom is -0.294 e. The van der Waals surface area contributed by atoms with Crippen molar-refractivity contribution in [2.24, 2.45) is 4.99 Å². The minimum absolute atomic E-state index is 0.0951. The summed E-state index contributed by atoms with van der Waals surface area (Å²) in [5.41, 5.74) is 0.652. The molecule has 3 nitrogen and oxygen atoms in total. The van der Waals surface area contributed by atoms with E-state index in [0.29, 0.717) is 24.9 Å². The lowest BCUT2D eigenvalue weighted by Crippen LogP contribution is -1.99. The number of thiocarbonyl (C=S) groups is 1. The van der Waals surface area contributed by atoms with Crippen LogP contribution in [0.1, 0.15) is 23.2 Å². The highest BCUT2D eigenvalue weighted by Crippen LogP contribution is 2.03. The smallest absolute Gasteiger partial charge is 0.164 e. The van der Waals surface area contributed by atoms with Crippen LogP contribution in [0, 0.1) is 0 Å². The van der Waals surface area contributed by atoms with Crippen LogP contribution in [-0.4, -0.2) is 22.5 Å².